The number of likely N-dealkylation sites (N-methyl/N-ethyl adjacent to an activating group) is 2. The van der Waals surface area contributed by atoms with Crippen LogP contribution >= 0.6 is 0 Å². The molecule has 5 nitrogen and oxygen atoms in total. The van der Waals surface area contributed by atoms with Crippen LogP contribution in [-0.2, 0) is 13.0 Å². The SMILES string of the molecule is CN1CCc2cnc(N(C)CCO)nc2C1. The summed E-state index contributed by atoms with van der Waals surface area (Å²) in [4.78, 5) is 13.0. The number of aromatic nitrogens is 2. The van der Waals surface area contributed by atoms with Crippen molar-refractivity contribution in [1.29, 1.82) is 0 Å². The van der Waals surface area contributed by atoms with Gasteiger partial charge in [-0.1, -0.05) is 0 Å². The minimum atomic E-state index is 0.122. The summed E-state index contributed by atoms with van der Waals surface area (Å²) in [6, 6.07) is 0. The van der Waals surface area contributed by atoms with Crippen molar-refractivity contribution in [1.82, 2.24) is 14.9 Å². The van der Waals surface area contributed by atoms with Gasteiger partial charge in [0.25, 0.3) is 0 Å². The van der Waals surface area contributed by atoms with Crippen LogP contribution in [0.3, 0.4) is 0 Å². The summed E-state index contributed by atoms with van der Waals surface area (Å²) in [6.07, 6.45) is 2.94. The molecule has 2 rings (SSSR count). The summed E-state index contributed by atoms with van der Waals surface area (Å²) in [5.41, 5.74) is 2.36. The van der Waals surface area contributed by atoms with Crippen molar-refractivity contribution in [3.8, 4) is 0 Å². The standard InChI is InChI=1S/C11H18N4O/c1-14-4-3-9-7-12-11(13-10(9)8-14)15(2)5-6-16/h7,16H,3-6,8H2,1-2H3. The van der Waals surface area contributed by atoms with Gasteiger partial charge >= 0.3 is 0 Å². The molecule has 0 radical (unpaired) electrons. The van der Waals surface area contributed by atoms with Crippen molar-refractivity contribution >= 4 is 5.95 Å². The Labute approximate surface area is 95.7 Å². The minimum Gasteiger partial charge on any atom is -0.395 e. The van der Waals surface area contributed by atoms with Crippen molar-refractivity contribution in [2.75, 3.05) is 38.7 Å². The van der Waals surface area contributed by atoms with Gasteiger partial charge in [-0.3, -0.25) is 0 Å². The topological polar surface area (TPSA) is 52.5 Å². The van der Waals surface area contributed by atoms with E-state index in [1.54, 1.807) is 0 Å². The highest BCUT2D eigenvalue weighted by Gasteiger charge is 2.16. The fourth-order valence-corrected chi connectivity index (χ4v) is 1.86. The first-order valence-electron chi connectivity index (χ1n) is 5.56. The molecule has 5 heteroatoms. The van der Waals surface area contributed by atoms with Crippen LogP contribution in [0.5, 0.6) is 0 Å². The van der Waals surface area contributed by atoms with Gasteiger partial charge in [-0.05, 0) is 19.0 Å². The predicted molar refractivity (Wildman–Crippen MR) is 62.4 cm³/mol. The van der Waals surface area contributed by atoms with Crippen LogP contribution in [0.15, 0.2) is 6.20 Å². The molecule has 2 heterocycles. The van der Waals surface area contributed by atoms with Crippen LogP contribution in [0, 0.1) is 0 Å². The molecule has 1 aliphatic heterocycles. The molecule has 0 fully saturated rings. The maximum absolute atomic E-state index is 8.87. The largest absolute Gasteiger partial charge is 0.395 e. The van der Waals surface area contributed by atoms with Gasteiger partial charge in [0.1, 0.15) is 0 Å². The molecular weight excluding hydrogens is 204 g/mol. The maximum atomic E-state index is 8.87. The number of rotatable bonds is 3. The number of anilines is 1. The Hall–Kier alpha value is -1.20. The second-order valence-corrected chi connectivity index (χ2v) is 4.27. The van der Waals surface area contributed by atoms with E-state index in [-0.39, 0.29) is 6.61 Å². The molecule has 0 saturated carbocycles. The first-order chi connectivity index (χ1) is 7.70. The molecule has 0 atom stereocenters. The molecule has 1 N–H and O–H groups in total. The van der Waals surface area contributed by atoms with E-state index in [1.165, 1.54) is 5.56 Å². The van der Waals surface area contributed by atoms with E-state index in [0.717, 1.165) is 25.2 Å². The Morgan fingerprint density at radius 3 is 3.12 bits per heavy atom. The van der Waals surface area contributed by atoms with E-state index < -0.39 is 0 Å². The summed E-state index contributed by atoms with van der Waals surface area (Å²) in [5.74, 6) is 0.697. The molecule has 1 aliphatic rings. The maximum Gasteiger partial charge on any atom is 0.225 e. The van der Waals surface area contributed by atoms with E-state index in [1.807, 2.05) is 18.1 Å². The van der Waals surface area contributed by atoms with Gasteiger partial charge in [-0.25, -0.2) is 9.97 Å². The molecule has 88 valence electrons. The smallest absolute Gasteiger partial charge is 0.225 e. The summed E-state index contributed by atoms with van der Waals surface area (Å²) in [7, 11) is 3.99. The number of fused-ring (bicyclic) bond motifs is 1. The fourth-order valence-electron chi connectivity index (χ4n) is 1.86. The highest BCUT2D eigenvalue weighted by Crippen LogP contribution is 2.17. The molecule has 0 saturated heterocycles. The van der Waals surface area contributed by atoms with Crippen molar-refractivity contribution in [3.05, 3.63) is 17.5 Å². The first kappa shape index (κ1) is 11.3. The lowest BCUT2D eigenvalue weighted by molar-refractivity contribution is 0.301. The molecule has 0 unspecified atom stereocenters. The Morgan fingerprint density at radius 2 is 2.38 bits per heavy atom. The Bertz CT molecular complexity index is 369. The van der Waals surface area contributed by atoms with Gasteiger partial charge < -0.3 is 14.9 Å². The van der Waals surface area contributed by atoms with Crippen LogP contribution in [0.1, 0.15) is 11.3 Å². The molecule has 16 heavy (non-hydrogen) atoms. The number of hydrogen-bond donors (Lipinski definition) is 1. The zero-order valence-electron chi connectivity index (χ0n) is 9.85. The average Bonchev–Trinajstić information content (AvgIpc) is 2.28. The van der Waals surface area contributed by atoms with E-state index in [0.29, 0.717) is 12.5 Å². The Morgan fingerprint density at radius 1 is 1.56 bits per heavy atom. The predicted octanol–water partition coefficient (Wildman–Crippen LogP) is -0.107. The van der Waals surface area contributed by atoms with E-state index in [2.05, 4.69) is 21.9 Å². The number of aliphatic hydroxyl groups excluding tert-OH is 1. The second kappa shape index (κ2) is 4.76. The van der Waals surface area contributed by atoms with Crippen LogP contribution in [0.25, 0.3) is 0 Å². The van der Waals surface area contributed by atoms with Crippen LogP contribution in [0.4, 0.5) is 5.95 Å². The van der Waals surface area contributed by atoms with Crippen LogP contribution < -0.4 is 4.90 Å². The van der Waals surface area contributed by atoms with Crippen LogP contribution in [0.2, 0.25) is 0 Å². The molecule has 0 spiro atoms. The molecule has 1 aromatic heterocycles. The Balaban J connectivity index is 2.20. The quantitative estimate of drug-likeness (QED) is 0.773. The molecular formula is C11H18N4O. The minimum absolute atomic E-state index is 0.122. The van der Waals surface area contributed by atoms with Gasteiger partial charge in [-0.15, -0.1) is 0 Å². The number of hydrogen-bond acceptors (Lipinski definition) is 5. The highest BCUT2D eigenvalue weighted by atomic mass is 16.3. The van der Waals surface area contributed by atoms with Crippen molar-refractivity contribution < 1.29 is 5.11 Å². The molecule has 1 aromatic rings. The third kappa shape index (κ3) is 2.31. The molecule has 0 bridgehead atoms. The van der Waals surface area contributed by atoms with Crippen molar-refractivity contribution in [2.45, 2.75) is 13.0 Å². The van der Waals surface area contributed by atoms with Gasteiger partial charge in [0.2, 0.25) is 5.95 Å². The molecule has 0 aliphatic carbocycles. The molecule has 0 aromatic carbocycles. The summed E-state index contributed by atoms with van der Waals surface area (Å²) in [5, 5.41) is 8.87. The summed E-state index contributed by atoms with van der Waals surface area (Å²) in [6.45, 7) is 2.64. The van der Waals surface area contributed by atoms with Crippen molar-refractivity contribution in [2.24, 2.45) is 0 Å². The van der Waals surface area contributed by atoms with E-state index >= 15 is 0 Å². The van der Waals surface area contributed by atoms with Crippen LogP contribution in [-0.4, -0.2) is 53.8 Å². The number of aliphatic hydroxyl groups is 1. The summed E-state index contributed by atoms with van der Waals surface area (Å²) < 4.78 is 0. The van der Waals surface area contributed by atoms with Gasteiger partial charge in [0.15, 0.2) is 0 Å². The van der Waals surface area contributed by atoms with Crippen molar-refractivity contribution in [3.63, 3.8) is 0 Å². The first-order valence-corrected chi connectivity index (χ1v) is 5.56. The lowest BCUT2D eigenvalue weighted by atomic mass is 10.1. The normalized spacial score (nSPS) is 15.9. The van der Waals surface area contributed by atoms with E-state index in [4.69, 9.17) is 5.11 Å². The lowest BCUT2D eigenvalue weighted by Crippen LogP contribution is -2.29. The third-order valence-corrected chi connectivity index (χ3v) is 2.90. The summed E-state index contributed by atoms with van der Waals surface area (Å²) >= 11 is 0. The Kier molecular flexibility index (Phi) is 3.36. The fraction of sp³-hybridized carbons (Fsp3) is 0.636. The average molecular weight is 222 g/mol. The second-order valence-electron chi connectivity index (χ2n) is 4.27. The molecule has 0 amide bonds. The highest BCUT2D eigenvalue weighted by molar-refractivity contribution is 5.33. The van der Waals surface area contributed by atoms with Gasteiger partial charge in [0, 0.05) is 32.9 Å². The third-order valence-electron chi connectivity index (χ3n) is 2.90. The monoisotopic (exact) mass is 222 g/mol. The number of nitrogens with zero attached hydrogens (tertiary/aromatic N) is 4. The zero-order chi connectivity index (χ0) is 11.5. The van der Waals surface area contributed by atoms with E-state index in [9.17, 15) is 0 Å². The zero-order valence-corrected chi connectivity index (χ0v) is 9.85. The lowest BCUT2D eigenvalue weighted by Gasteiger charge is -2.25. The van der Waals surface area contributed by atoms with Gasteiger partial charge in [-0.2, -0.15) is 0 Å². The van der Waals surface area contributed by atoms with Gasteiger partial charge in [0.05, 0.1) is 12.3 Å².